The van der Waals surface area contributed by atoms with Gasteiger partial charge in [0.1, 0.15) is 13.2 Å². The Morgan fingerprint density at radius 1 is 0.274 bits per heavy atom. The second-order valence-corrected chi connectivity index (χ2v) is 21.0. The third-order valence-corrected chi connectivity index (χ3v) is 13.7. The summed E-state index contributed by atoms with van der Waals surface area (Å²) in [7, 11) is 0. The number of rotatable bonds is 57. The Morgan fingerprint density at radius 2 is 0.507 bits per heavy atom. The molecular formula is C67H118O6. The standard InChI is InChI=1S/C67H118O6/c1-4-7-10-13-16-19-22-25-28-31-34-37-39-42-45-48-51-54-57-60-66(69)72-63-64(73-67(70)61-58-55-52-49-46-43-40-36-33-30-27-24-21-18-15-12-9-6-3)62-71-65(68)59-56-53-50-47-44-41-38-35-32-29-26-23-20-17-14-11-8-5-2/h16,19,22,24-25,27,30,33,35-36,38,40,64H,4-15,17-18,20-21,23,26,28-29,31-32,34,37,39,41-63H2,1-3H3/b19-16-,25-22-,27-24-,33-30-,38-35-,40-36-. The highest BCUT2D eigenvalue weighted by Crippen LogP contribution is 2.16. The molecule has 0 saturated heterocycles. The van der Waals surface area contributed by atoms with Crippen LogP contribution in [0.4, 0.5) is 0 Å². The van der Waals surface area contributed by atoms with Gasteiger partial charge in [0.2, 0.25) is 0 Å². The van der Waals surface area contributed by atoms with E-state index in [0.29, 0.717) is 19.3 Å². The number of hydrogen-bond acceptors (Lipinski definition) is 6. The van der Waals surface area contributed by atoms with Gasteiger partial charge in [-0.1, -0.05) is 273 Å². The summed E-state index contributed by atoms with van der Waals surface area (Å²) in [5.74, 6) is -0.905. The quantitative estimate of drug-likeness (QED) is 0.0199. The van der Waals surface area contributed by atoms with Crippen molar-refractivity contribution in [1.29, 1.82) is 0 Å². The van der Waals surface area contributed by atoms with Crippen molar-refractivity contribution in [2.45, 2.75) is 322 Å². The van der Waals surface area contributed by atoms with Crippen LogP contribution in [0.2, 0.25) is 0 Å². The monoisotopic (exact) mass is 1020 g/mol. The maximum absolute atomic E-state index is 12.9. The highest BCUT2D eigenvalue weighted by molar-refractivity contribution is 5.71. The fourth-order valence-electron chi connectivity index (χ4n) is 8.96. The molecule has 0 radical (unpaired) electrons. The summed E-state index contributed by atoms with van der Waals surface area (Å²) in [6, 6.07) is 0. The second-order valence-electron chi connectivity index (χ2n) is 21.0. The lowest BCUT2D eigenvalue weighted by atomic mass is 10.1. The zero-order valence-electron chi connectivity index (χ0n) is 48.4. The molecule has 6 heteroatoms. The van der Waals surface area contributed by atoms with Crippen LogP contribution in [0.15, 0.2) is 72.9 Å². The number of ether oxygens (including phenoxy) is 3. The lowest BCUT2D eigenvalue weighted by molar-refractivity contribution is -0.167. The van der Waals surface area contributed by atoms with Gasteiger partial charge in [-0.25, -0.2) is 0 Å². The first-order valence-corrected chi connectivity index (χ1v) is 31.5. The Hall–Kier alpha value is -3.15. The number of allylic oxidation sites excluding steroid dienone is 12. The summed E-state index contributed by atoms with van der Waals surface area (Å²) in [6.45, 7) is 6.61. The van der Waals surface area contributed by atoms with Gasteiger partial charge < -0.3 is 14.2 Å². The lowest BCUT2D eigenvalue weighted by Crippen LogP contribution is -2.30. The maximum atomic E-state index is 12.9. The first-order chi connectivity index (χ1) is 36.0. The topological polar surface area (TPSA) is 78.9 Å². The van der Waals surface area contributed by atoms with Crippen LogP contribution < -0.4 is 0 Å². The molecule has 1 unspecified atom stereocenters. The number of hydrogen-bond donors (Lipinski definition) is 0. The van der Waals surface area contributed by atoms with E-state index in [9.17, 15) is 14.4 Å². The summed E-state index contributed by atoms with van der Waals surface area (Å²) >= 11 is 0. The molecule has 422 valence electrons. The molecule has 0 amide bonds. The average Bonchev–Trinajstić information content (AvgIpc) is 3.39. The molecule has 0 aromatic rings. The molecule has 0 rings (SSSR count). The number of carbonyl (C=O) groups is 3. The Kier molecular flexibility index (Phi) is 58.7. The highest BCUT2D eigenvalue weighted by atomic mass is 16.6. The lowest BCUT2D eigenvalue weighted by Gasteiger charge is -2.18. The Bertz CT molecular complexity index is 1360. The number of unbranched alkanes of at least 4 members (excludes halogenated alkanes) is 37. The summed E-state index contributed by atoms with van der Waals surface area (Å²) < 4.78 is 16.9. The van der Waals surface area contributed by atoms with E-state index in [1.807, 2.05) is 0 Å². The Balaban J connectivity index is 4.42. The van der Waals surface area contributed by atoms with Crippen molar-refractivity contribution in [3.05, 3.63) is 72.9 Å². The number of carbonyl (C=O) groups excluding carboxylic acids is 3. The van der Waals surface area contributed by atoms with E-state index in [4.69, 9.17) is 14.2 Å². The van der Waals surface area contributed by atoms with Crippen molar-refractivity contribution < 1.29 is 28.6 Å². The Labute approximate surface area is 453 Å². The van der Waals surface area contributed by atoms with Crippen LogP contribution in [0.25, 0.3) is 0 Å². The van der Waals surface area contributed by atoms with E-state index < -0.39 is 6.10 Å². The second kappa shape index (κ2) is 61.4. The fourth-order valence-corrected chi connectivity index (χ4v) is 8.96. The van der Waals surface area contributed by atoms with Gasteiger partial charge in [0.25, 0.3) is 0 Å². The molecule has 0 fully saturated rings. The zero-order chi connectivity index (χ0) is 52.9. The van der Waals surface area contributed by atoms with Crippen LogP contribution in [0.1, 0.15) is 316 Å². The summed E-state index contributed by atoms with van der Waals surface area (Å²) in [5.41, 5.74) is 0. The van der Waals surface area contributed by atoms with Crippen LogP contribution in [-0.4, -0.2) is 37.2 Å². The number of esters is 3. The summed E-state index contributed by atoms with van der Waals surface area (Å²) in [6.07, 6.45) is 78.9. The summed E-state index contributed by atoms with van der Waals surface area (Å²) in [4.78, 5) is 38.3. The van der Waals surface area contributed by atoms with Crippen LogP contribution in [0.5, 0.6) is 0 Å². The van der Waals surface area contributed by atoms with E-state index in [-0.39, 0.29) is 31.1 Å². The maximum Gasteiger partial charge on any atom is 0.306 e. The van der Waals surface area contributed by atoms with E-state index >= 15 is 0 Å². The molecule has 73 heavy (non-hydrogen) atoms. The minimum absolute atomic E-state index is 0.0872. The van der Waals surface area contributed by atoms with Gasteiger partial charge in [0.15, 0.2) is 6.10 Å². The molecule has 0 aliphatic carbocycles. The van der Waals surface area contributed by atoms with E-state index in [0.717, 1.165) is 89.9 Å². The zero-order valence-corrected chi connectivity index (χ0v) is 48.4. The van der Waals surface area contributed by atoms with Gasteiger partial charge in [0, 0.05) is 19.3 Å². The molecule has 1 atom stereocenters. The van der Waals surface area contributed by atoms with Crippen molar-refractivity contribution in [2.24, 2.45) is 0 Å². The minimum atomic E-state index is -0.792. The highest BCUT2D eigenvalue weighted by Gasteiger charge is 2.19. The molecule has 0 saturated carbocycles. The van der Waals surface area contributed by atoms with E-state index in [1.54, 1.807) is 0 Å². The van der Waals surface area contributed by atoms with Crippen LogP contribution in [-0.2, 0) is 28.6 Å². The predicted molar refractivity (Wildman–Crippen MR) is 316 cm³/mol. The first-order valence-electron chi connectivity index (χ1n) is 31.5. The molecule has 0 spiro atoms. The van der Waals surface area contributed by atoms with E-state index in [2.05, 4.69) is 93.7 Å². The SMILES string of the molecule is CCCCC/C=C\C=C/CCCCCCCCCCCCC(=O)OCC(COC(=O)CCCCCCC/C=C\CCCCCCCCCCC)OC(=O)CCCCCCC\C=C/C=C\C=C/CCCCCCC. The normalized spacial score (nSPS) is 12.5. The van der Waals surface area contributed by atoms with Gasteiger partial charge in [-0.3, -0.25) is 14.4 Å². The molecule has 0 heterocycles. The first kappa shape index (κ1) is 69.8. The third-order valence-electron chi connectivity index (χ3n) is 13.7. The smallest absolute Gasteiger partial charge is 0.306 e. The van der Waals surface area contributed by atoms with Crippen LogP contribution in [0, 0.1) is 0 Å². The van der Waals surface area contributed by atoms with Crippen LogP contribution in [0.3, 0.4) is 0 Å². The van der Waals surface area contributed by atoms with Crippen molar-refractivity contribution in [1.82, 2.24) is 0 Å². The molecular weight excluding hydrogens is 901 g/mol. The summed E-state index contributed by atoms with van der Waals surface area (Å²) in [5, 5.41) is 0. The van der Waals surface area contributed by atoms with Crippen LogP contribution >= 0.6 is 0 Å². The molecule has 6 nitrogen and oxygen atoms in total. The molecule has 0 aromatic carbocycles. The van der Waals surface area contributed by atoms with Crippen molar-refractivity contribution in [3.8, 4) is 0 Å². The van der Waals surface area contributed by atoms with E-state index in [1.165, 1.54) is 186 Å². The van der Waals surface area contributed by atoms with Gasteiger partial charge in [-0.15, -0.1) is 0 Å². The molecule has 0 bridgehead atoms. The Morgan fingerprint density at radius 3 is 0.836 bits per heavy atom. The fraction of sp³-hybridized carbons (Fsp3) is 0.776. The molecule has 0 aromatic heterocycles. The van der Waals surface area contributed by atoms with Crippen molar-refractivity contribution in [3.63, 3.8) is 0 Å². The third kappa shape index (κ3) is 59.6. The minimum Gasteiger partial charge on any atom is -0.462 e. The van der Waals surface area contributed by atoms with Gasteiger partial charge in [0.05, 0.1) is 0 Å². The molecule has 0 N–H and O–H groups in total. The van der Waals surface area contributed by atoms with Gasteiger partial charge in [-0.2, -0.15) is 0 Å². The van der Waals surface area contributed by atoms with Crippen molar-refractivity contribution >= 4 is 17.9 Å². The predicted octanol–water partition coefficient (Wildman–Crippen LogP) is 21.3. The van der Waals surface area contributed by atoms with Gasteiger partial charge >= 0.3 is 17.9 Å². The molecule has 0 aliphatic rings. The van der Waals surface area contributed by atoms with Gasteiger partial charge in [-0.05, 0) is 96.3 Å². The largest absolute Gasteiger partial charge is 0.462 e. The molecule has 0 aliphatic heterocycles. The average molecular weight is 1020 g/mol. The van der Waals surface area contributed by atoms with Crippen molar-refractivity contribution in [2.75, 3.05) is 13.2 Å².